The zero-order valence-electron chi connectivity index (χ0n) is 11.1. The summed E-state index contributed by atoms with van der Waals surface area (Å²) in [5.41, 5.74) is -1.29. The maximum atomic E-state index is 12.8. The summed E-state index contributed by atoms with van der Waals surface area (Å²) in [5, 5.41) is 6.53. The molecule has 120 valence electrons. The fraction of sp³-hybridized carbons (Fsp3) is 0.545. The second kappa shape index (κ2) is 5.69. The third-order valence-corrected chi connectivity index (χ3v) is 5.21. The standard InChI is InChI=1S/C11H11BrF3N5OS/c12-7-6(11(13,14)15)16-10(22-7)20-3-1-2-5(4-20)8-17-9(21)19-18-8/h5H,1-4H2,(H2,17,18,19,21). The van der Waals surface area contributed by atoms with E-state index in [9.17, 15) is 18.0 Å². The molecule has 11 heteroatoms. The fourth-order valence-corrected chi connectivity index (χ4v) is 4.05. The monoisotopic (exact) mass is 397 g/mol. The summed E-state index contributed by atoms with van der Waals surface area (Å²) in [6, 6.07) is 0. The quantitative estimate of drug-likeness (QED) is 0.816. The number of nitrogens with zero attached hydrogens (tertiary/aromatic N) is 3. The molecular weight excluding hydrogens is 387 g/mol. The van der Waals surface area contributed by atoms with Crippen LogP contribution in [0.15, 0.2) is 8.58 Å². The first kappa shape index (κ1) is 15.5. The molecule has 0 aromatic carbocycles. The Balaban J connectivity index is 1.82. The lowest BCUT2D eigenvalue weighted by atomic mass is 9.98. The number of piperidine rings is 1. The Bertz CT molecular complexity index is 724. The summed E-state index contributed by atoms with van der Waals surface area (Å²) in [4.78, 5) is 19.2. The Kier molecular flexibility index (Phi) is 4.02. The largest absolute Gasteiger partial charge is 0.435 e. The highest BCUT2D eigenvalue weighted by molar-refractivity contribution is 9.11. The normalized spacial score (nSPS) is 19.6. The molecule has 0 spiro atoms. The Morgan fingerprint density at radius 1 is 1.41 bits per heavy atom. The lowest BCUT2D eigenvalue weighted by Crippen LogP contribution is -2.34. The van der Waals surface area contributed by atoms with Crippen molar-refractivity contribution in [3.8, 4) is 0 Å². The Labute approximate surface area is 134 Å². The van der Waals surface area contributed by atoms with Crippen molar-refractivity contribution in [2.45, 2.75) is 24.9 Å². The SMILES string of the molecule is O=c1[nH]nc(C2CCCN(c3nc(C(F)(F)F)c(Br)s3)C2)[nH]1. The summed E-state index contributed by atoms with van der Waals surface area (Å²) in [5.74, 6) is 0.492. The molecule has 1 atom stereocenters. The van der Waals surface area contributed by atoms with Gasteiger partial charge in [0.25, 0.3) is 0 Å². The highest BCUT2D eigenvalue weighted by Gasteiger charge is 2.38. The smallest absolute Gasteiger partial charge is 0.347 e. The number of aromatic amines is 2. The van der Waals surface area contributed by atoms with Gasteiger partial charge in [-0.1, -0.05) is 11.3 Å². The zero-order valence-corrected chi connectivity index (χ0v) is 13.5. The van der Waals surface area contributed by atoms with Gasteiger partial charge in [-0.05, 0) is 28.8 Å². The molecule has 0 aliphatic carbocycles. The van der Waals surface area contributed by atoms with Crippen LogP contribution < -0.4 is 10.6 Å². The van der Waals surface area contributed by atoms with Crippen molar-refractivity contribution in [1.82, 2.24) is 20.2 Å². The highest BCUT2D eigenvalue weighted by Crippen LogP contribution is 2.41. The molecule has 0 amide bonds. The van der Waals surface area contributed by atoms with Gasteiger partial charge >= 0.3 is 11.9 Å². The lowest BCUT2D eigenvalue weighted by Gasteiger charge is -2.31. The zero-order chi connectivity index (χ0) is 15.9. The molecule has 1 aliphatic rings. The van der Waals surface area contributed by atoms with E-state index < -0.39 is 11.9 Å². The summed E-state index contributed by atoms with van der Waals surface area (Å²) in [7, 11) is 0. The van der Waals surface area contributed by atoms with Gasteiger partial charge < -0.3 is 4.90 Å². The summed E-state index contributed by atoms with van der Waals surface area (Å²) in [6.45, 7) is 1.10. The fourth-order valence-electron chi connectivity index (χ4n) is 2.45. The summed E-state index contributed by atoms with van der Waals surface area (Å²) >= 11 is 3.89. The van der Waals surface area contributed by atoms with Crippen LogP contribution in [0.4, 0.5) is 18.3 Å². The minimum Gasteiger partial charge on any atom is -0.347 e. The molecule has 3 heterocycles. The summed E-state index contributed by atoms with van der Waals surface area (Å²) < 4.78 is 38.4. The average molecular weight is 398 g/mol. The molecular formula is C11H11BrF3N5OS. The van der Waals surface area contributed by atoms with Crippen LogP contribution in [-0.4, -0.2) is 33.3 Å². The van der Waals surface area contributed by atoms with E-state index in [1.165, 1.54) is 0 Å². The maximum Gasteiger partial charge on any atom is 0.435 e. The van der Waals surface area contributed by atoms with E-state index in [1.54, 1.807) is 4.90 Å². The van der Waals surface area contributed by atoms with Crippen LogP contribution >= 0.6 is 27.3 Å². The maximum absolute atomic E-state index is 12.8. The van der Waals surface area contributed by atoms with Crippen LogP contribution in [0.2, 0.25) is 0 Å². The van der Waals surface area contributed by atoms with Crippen LogP contribution in [0.1, 0.15) is 30.3 Å². The van der Waals surface area contributed by atoms with E-state index in [0.717, 1.165) is 24.2 Å². The number of nitrogens with one attached hydrogen (secondary N) is 2. The first-order valence-electron chi connectivity index (χ1n) is 6.47. The number of rotatable bonds is 2. The van der Waals surface area contributed by atoms with Gasteiger partial charge in [0.2, 0.25) is 0 Å². The molecule has 3 rings (SSSR count). The van der Waals surface area contributed by atoms with E-state index in [-0.39, 0.29) is 15.4 Å². The average Bonchev–Trinajstić information content (AvgIpc) is 3.04. The number of H-pyrrole nitrogens is 2. The molecule has 1 fully saturated rings. The first-order chi connectivity index (χ1) is 10.3. The Morgan fingerprint density at radius 2 is 2.18 bits per heavy atom. The number of anilines is 1. The predicted octanol–water partition coefficient (Wildman–Crippen LogP) is 2.72. The number of hydrogen-bond acceptors (Lipinski definition) is 5. The number of halogens is 4. The molecule has 2 N–H and O–H groups in total. The van der Waals surface area contributed by atoms with E-state index in [0.29, 0.717) is 24.0 Å². The van der Waals surface area contributed by atoms with Crippen molar-refractivity contribution in [2.24, 2.45) is 0 Å². The van der Waals surface area contributed by atoms with Crippen molar-refractivity contribution in [3.63, 3.8) is 0 Å². The van der Waals surface area contributed by atoms with Crippen molar-refractivity contribution in [1.29, 1.82) is 0 Å². The molecule has 0 bridgehead atoms. The van der Waals surface area contributed by atoms with Gasteiger partial charge in [0.05, 0.1) is 0 Å². The van der Waals surface area contributed by atoms with Crippen molar-refractivity contribution < 1.29 is 13.2 Å². The van der Waals surface area contributed by atoms with Crippen LogP contribution in [0, 0.1) is 0 Å². The van der Waals surface area contributed by atoms with E-state index in [2.05, 4.69) is 36.1 Å². The third-order valence-electron chi connectivity index (χ3n) is 3.44. The van der Waals surface area contributed by atoms with Gasteiger partial charge in [0.15, 0.2) is 10.8 Å². The number of aromatic nitrogens is 4. The van der Waals surface area contributed by atoms with E-state index in [4.69, 9.17) is 0 Å². The molecule has 6 nitrogen and oxygen atoms in total. The molecule has 2 aromatic rings. The molecule has 1 saturated heterocycles. The van der Waals surface area contributed by atoms with Gasteiger partial charge in [0.1, 0.15) is 9.61 Å². The van der Waals surface area contributed by atoms with Crippen LogP contribution in [-0.2, 0) is 6.18 Å². The van der Waals surface area contributed by atoms with E-state index in [1.807, 2.05) is 0 Å². The van der Waals surface area contributed by atoms with E-state index >= 15 is 0 Å². The predicted molar refractivity (Wildman–Crippen MR) is 78.2 cm³/mol. The topological polar surface area (TPSA) is 77.7 Å². The van der Waals surface area contributed by atoms with Gasteiger partial charge in [-0.15, -0.1) is 0 Å². The van der Waals surface area contributed by atoms with Gasteiger partial charge in [0, 0.05) is 19.0 Å². The second-order valence-electron chi connectivity index (χ2n) is 4.96. The molecule has 1 aliphatic heterocycles. The van der Waals surface area contributed by atoms with Gasteiger partial charge in [-0.2, -0.15) is 18.3 Å². The van der Waals surface area contributed by atoms with Gasteiger partial charge in [-0.3, -0.25) is 4.98 Å². The van der Waals surface area contributed by atoms with Crippen LogP contribution in [0.5, 0.6) is 0 Å². The summed E-state index contributed by atoms with van der Waals surface area (Å²) in [6.07, 6.45) is -2.87. The minimum atomic E-state index is -4.48. The number of thiazole rings is 1. The Hall–Kier alpha value is -1.36. The van der Waals surface area contributed by atoms with Crippen molar-refractivity contribution >= 4 is 32.4 Å². The number of hydrogen-bond donors (Lipinski definition) is 2. The molecule has 0 radical (unpaired) electrons. The highest BCUT2D eigenvalue weighted by atomic mass is 79.9. The lowest BCUT2D eigenvalue weighted by molar-refractivity contribution is -0.141. The van der Waals surface area contributed by atoms with Crippen LogP contribution in [0.3, 0.4) is 0 Å². The molecule has 22 heavy (non-hydrogen) atoms. The Morgan fingerprint density at radius 3 is 2.77 bits per heavy atom. The molecule has 2 aromatic heterocycles. The molecule has 0 saturated carbocycles. The van der Waals surface area contributed by atoms with Crippen molar-refractivity contribution in [2.75, 3.05) is 18.0 Å². The van der Waals surface area contributed by atoms with Crippen LogP contribution in [0.25, 0.3) is 0 Å². The minimum absolute atomic E-state index is 0.0229. The molecule has 1 unspecified atom stereocenters. The van der Waals surface area contributed by atoms with Crippen molar-refractivity contribution in [3.05, 3.63) is 25.8 Å². The first-order valence-corrected chi connectivity index (χ1v) is 8.08. The van der Waals surface area contributed by atoms with Gasteiger partial charge in [-0.25, -0.2) is 14.9 Å². The third kappa shape index (κ3) is 3.05. The second-order valence-corrected chi connectivity index (χ2v) is 7.26. The number of alkyl halides is 3.